The summed E-state index contributed by atoms with van der Waals surface area (Å²) in [6.45, 7) is 4.51. The number of rotatable bonds is 4. The number of hydrogen-bond donors (Lipinski definition) is 2. The number of hydrogen-bond acceptors (Lipinski definition) is 4. The first-order valence-electron chi connectivity index (χ1n) is 8.79. The zero-order valence-electron chi connectivity index (χ0n) is 14.8. The Morgan fingerprint density at radius 2 is 1.96 bits per heavy atom. The highest BCUT2D eigenvalue weighted by molar-refractivity contribution is 7.80. The molecule has 2 aromatic rings. The lowest BCUT2D eigenvalue weighted by atomic mass is 9.99. The van der Waals surface area contributed by atoms with E-state index >= 15 is 0 Å². The van der Waals surface area contributed by atoms with E-state index in [1.807, 2.05) is 12.1 Å². The van der Waals surface area contributed by atoms with E-state index in [4.69, 9.17) is 16.6 Å². The maximum Gasteiger partial charge on any atom is 0.250 e. The minimum absolute atomic E-state index is 0.263. The molecule has 1 aliphatic heterocycles. The van der Waals surface area contributed by atoms with Crippen LogP contribution in [0.25, 0.3) is 6.08 Å². The van der Waals surface area contributed by atoms with Crippen molar-refractivity contribution in [3.8, 4) is 0 Å². The molecule has 0 spiro atoms. The van der Waals surface area contributed by atoms with Crippen LogP contribution >= 0.6 is 12.2 Å². The third kappa shape index (κ3) is 5.20. The summed E-state index contributed by atoms with van der Waals surface area (Å²) in [5, 5.41) is 5.91. The SMILES string of the molecule is CC1CCN(c2ccc(NC(=S)NC(=O)C=Cc3ccco3)cc2)CC1. The highest BCUT2D eigenvalue weighted by Crippen LogP contribution is 2.24. The monoisotopic (exact) mass is 369 g/mol. The lowest BCUT2D eigenvalue weighted by Gasteiger charge is -2.32. The van der Waals surface area contributed by atoms with Gasteiger partial charge in [-0.3, -0.25) is 10.1 Å². The second-order valence-electron chi connectivity index (χ2n) is 6.51. The smallest absolute Gasteiger partial charge is 0.250 e. The van der Waals surface area contributed by atoms with Crippen molar-refractivity contribution in [3.05, 3.63) is 54.5 Å². The summed E-state index contributed by atoms with van der Waals surface area (Å²) < 4.78 is 5.13. The molecule has 2 N–H and O–H groups in total. The molecule has 0 bridgehead atoms. The number of amides is 1. The number of thiocarbonyl (C=S) groups is 1. The summed E-state index contributed by atoms with van der Waals surface area (Å²) in [5.74, 6) is 1.12. The maximum atomic E-state index is 11.9. The minimum atomic E-state index is -0.307. The predicted octanol–water partition coefficient (Wildman–Crippen LogP) is 4.04. The summed E-state index contributed by atoms with van der Waals surface area (Å²) in [6, 6.07) is 11.6. The van der Waals surface area contributed by atoms with Gasteiger partial charge in [0.2, 0.25) is 5.91 Å². The van der Waals surface area contributed by atoms with Crippen LogP contribution in [-0.4, -0.2) is 24.1 Å². The number of piperidine rings is 1. The Morgan fingerprint density at radius 1 is 1.23 bits per heavy atom. The molecule has 0 saturated carbocycles. The molecule has 2 heterocycles. The largest absolute Gasteiger partial charge is 0.465 e. The molecule has 26 heavy (non-hydrogen) atoms. The van der Waals surface area contributed by atoms with Gasteiger partial charge in [0.05, 0.1) is 6.26 Å². The fourth-order valence-electron chi connectivity index (χ4n) is 2.88. The number of carbonyl (C=O) groups is 1. The lowest BCUT2D eigenvalue weighted by molar-refractivity contribution is -0.115. The fourth-order valence-corrected chi connectivity index (χ4v) is 3.10. The molecule has 5 nitrogen and oxygen atoms in total. The molecular formula is C20H23N3O2S. The molecule has 1 saturated heterocycles. The molecule has 3 rings (SSSR count). The van der Waals surface area contributed by atoms with Gasteiger partial charge in [0.1, 0.15) is 5.76 Å². The molecule has 0 radical (unpaired) electrons. The Morgan fingerprint density at radius 3 is 2.62 bits per heavy atom. The lowest BCUT2D eigenvalue weighted by Crippen LogP contribution is -2.33. The number of furan rings is 1. The van der Waals surface area contributed by atoms with Crippen molar-refractivity contribution in [2.24, 2.45) is 5.92 Å². The fraction of sp³-hybridized carbons (Fsp3) is 0.300. The second kappa shape index (κ2) is 8.67. The van der Waals surface area contributed by atoms with Gasteiger partial charge in [-0.25, -0.2) is 0 Å². The summed E-state index contributed by atoms with van der Waals surface area (Å²) in [7, 11) is 0. The van der Waals surface area contributed by atoms with Gasteiger partial charge >= 0.3 is 0 Å². The summed E-state index contributed by atoms with van der Waals surface area (Å²) in [4.78, 5) is 14.3. The third-order valence-corrected chi connectivity index (χ3v) is 4.66. The molecule has 1 fully saturated rings. The Bertz CT molecular complexity index is 761. The van der Waals surface area contributed by atoms with Gasteiger partial charge in [-0.1, -0.05) is 6.92 Å². The van der Waals surface area contributed by atoms with E-state index in [1.165, 1.54) is 24.6 Å². The van der Waals surface area contributed by atoms with Crippen molar-refractivity contribution in [2.45, 2.75) is 19.8 Å². The van der Waals surface area contributed by atoms with Gasteiger partial charge in [-0.2, -0.15) is 0 Å². The van der Waals surface area contributed by atoms with Crippen molar-refractivity contribution < 1.29 is 9.21 Å². The first-order chi connectivity index (χ1) is 12.6. The topological polar surface area (TPSA) is 57.5 Å². The molecule has 136 valence electrons. The summed E-state index contributed by atoms with van der Waals surface area (Å²) in [5.41, 5.74) is 2.07. The van der Waals surface area contributed by atoms with Gasteiger partial charge in [0.15, 0.2) is 5.11 Å². The van der Waals surface area contributed by atoms with Gasteiger partial charge in [-0.05, 0) is 73.5 Å². The molecule has 6 heteroatoms. The Kier molecular flexibility index (Phi) is 6.07. The van der Waals surface area contributed by atoms with Crippen molar-refractivity contribution in [1.82, 2.24) is 5.32 Å². The van der Waals surface area contributed by atoms with Crippen LogP contribution in [0.5, 0.6) is 0 Å². The number of benzene rings is 1. The average Bonchev–Trinajstić information content (AvgIpc) is 3.15. The molecule has 0 aliphatic carbocycles. The quantitative estimate of drug-likeness (QED) is 0.629. The van der Waals surface area contributed by atoms with E-state index in [9.17, 15) is 4.79 Å². The van der Waals surface area contributed by atoms with E-state index in [0.717, 1.165) is 24.7 Å². The number of anilines is 2. The Hall–Kier alpha value is -2.60. The summed E-state index contributed by atoms with van der Waals surface area (Å²) in [6.07, 6.45) is 7.00. The zero-order valence-corrected chi connectivity index (χ0v) is 15.6. The normalized spacial score (nSPS) is 15.2. The first kappa shape index (κ1) is 18.2. The van der Waals surface area contributed by atoms with Crippen LogP contribution in [0.1, 0.15) is 25.5 Å². The average molecular weight is 369 g/mol. The number of nitrogens with zero attached hydrogens (tertiary/aromatic N) is 1. The Labute approximate surface area is 159 Å². The molecular weight excluding hydrogens is 346 g/mol. The second-order valence-corrected chi connectivity index (χ2v) is 6.92. The first-order valence-corrected chi connectivity index (χ1v) is 9.19. The van der Waals surface area contributed by atoms with E-state index in [0.29, 0.717) is 5.76 Å². The molecule has 0 unspecified atom stereocenters. The van der Waals surface area contributed by atoms with E-state index in [1.54, 1.807) is 24.5 Å². The predicted molar refractivity (Wildman–Crippen MR) is 109 cm³/mol. The standard InChI is InChI=1S/C20H23N3O2S/c1-15-10-12-23(13-11-15)17-6-4-16(5-7-17)21-20(26)22-19(24)9-8-18-3-2-14-25-18/h2-9,14-15H,10-13H2,1H3,(H2,21,22,24,26). The molecule has 1 aromatic carbocycles. The third-order valence-electron chi connectivity index (χ3n) is 4.45. The molecule has 0 atom stereocenters. The van der Waals surface area contributed by atoms with Gasteiger partial charge in [0, 0.05) is 30.5 Å². The van der Waals surface area contributed by atoms with Crippen LogP contribution in [0, 0.1) is 5.92 Å². The van der Waals surface area contributed by atoms with E-state index in [2.05, 4.69) is 34.6 Å². The van der Waals surface area contributed by atoms with Crippen molar-refractivity contribution in [1.29, 1.82) is 0 Å². The molecule has 1 aromatic heterocycles. The van der Waals surface area contributed by atoms with Gasteiger partial charge in [-0.15, -0.1) is 0 Å². The van der Waals surface area contributed by atoms with Crippen molar-refractivity contribution in [2.75, 3.05) is 23.3 Å². The minimum Gasteiger partial charge on any atom is -0.465 e. The molecule has 1 amide bonds. The van der Waals surface area contributed by atoms with E-state index < -0.39 is 0 Å². The van der Waals surface area contributed by atoms with Gasteiger partial charge < -0.3 is 14.6 Å². The van der Waals surface area contributed by atoms with Crippen molar-refractivity contribution >= 4 is 40.7 Å². The highest BCUT2D eigenvalue weighted by Gasteiger charge is 2.15. The molecule has 1 aliphatic rings. The van der Waals surface area contributed by atoms with Crippen LogP contribution in [0.4, 0.5) is 11.4 Å². The number of nitrogens with one attached hydrogen (secondary N) is 2. The van der Waals surface area contributed by atoms with Crippen molar-refractivity contribution in [3.63, 3.8) is 0 Å². The van der Waals surface area contributed by atoms with Crippen LogP contribution in [-0.2, 0) is 4.79 Å². The highest BCUT2D eigenvalue weighted by atomic mass is 32.1. The Balaban J connectivity index is 1.49. The van der Waals surface area contributed by atoms with E-state index in [-0.39, 0.29) is 11.0 Å². The summed E-state index contributed by atoms with van der Waals surface area (Å²) >= 11 is 5.19. The number of carbonyl (C=O) groups excluding carboxylic acids is 1. The van der Waals surface area contributed by atoms with Crippen LogP contribution in [0.3, 0.4) is 0 Å². The van der Waals surface area contributed by atoms with Crippen LogP contribution < -0.4 is 15.5 Å². The van der Waals surface area contributed by atoms with Crippen LogP contribution in [0.15, 0.2) is 53.2 Å². The maximum absolute atomic E-state index is 11.9. The van der Waals surface area contributed by atoms with Gasteiger partial charge in [0.25, 0.3) is 0 Å². The van der Waals surface area contributed by atoms with Crippen LogP contribution in [0.2, 0.25) is 0 Å². The zero-order chi connectivity index (χ0) is 18.4.